The number of nitrogens with zero attached hydrogens (tertiary/aromatic N) is 1. The van der Waals surface area contributed by atoms with Crippen molar-refractivity contribution in [3.8, 4) is 0 Å². The Balaban J connectivity index is 2.46. The fourth-order valence-corrected chi connectivity index (χ4v) is 3.29. The highest BCUT2D eigenvalue weighted by atomic mass is 32.2. The molecule has 7 heteroatoms. The molecule has 0 saturated carbocycles. The van der Waals surface area contributed by atoms with E-state index in [0.717, 1.165) is 17.8 Å². The highest BCUT2D eigenvalue weighted by Gasteiger charge is 2.21. The predicted octanol–water partition coefficient (Wildman–Crippen LogP) is 2.22. The lowest BCUT2D eigenvalue weighted by Crippen LogP contribution is -2.17. The highest BCUT2D eigenvalue weighted by Crippen LogP contribution is 2.27. The Morgan fingerprint density at radius 1 is 1.20 bits per heavy atom. The Bertz CT molecular complexity index is 743. The molecule has 5 nitrogen and oxygen atoms in total. The molecule has 20 heavy (non-hydrogen) atoms. The van der Waals surface area contributed by atoms with Gasteiger partial charge in [0.1, 0.15) is 4.90 Å². The van der Waals surface area contributed by atoms with Gasteiger partial charge in [-0.05, 0) is 43.2 Å². The third-order valence-corrected chi connectivity index (χ3v) is 4.54. The second-order valence-corrected chi connectivity index (χ2v) is 6.02. The van der Waals surface area contributed by atoms with Crippen LogP contribution >= 0.6 is 0 Å². The molecule has 0 aliphatic heterocycles. The van der Waals surface area contributed by atoms with Gasteiger partial charge in [-0.2, -0.15) is 4.39 Å². The molecule has 1 heterocycles. The third-order valence-electron chi connectivity index (χ3n) is 2.96. The number of rotatable bonds is 3. The van der Waals surface area contributed by atoms with Crippen LogP contribution in [0.25, 0.3) is 0 Å². The Labute approximate surface area is 116 Å². The summed E-state index contributed by atoms with van der Waals surface area (Å²) in [4.78, 5) is 3.42. The van der Waals surface area contributed by atoms with E-state index in [9.17, 15) is 12.8 Å². The first kappa shape index (κ1) is 14.3. The lowest BCUT2D eigenvalue weighted by molar-refractivity contribution is 0.583. The van der Waals surface area contributed by atoms with Gasteiger partial charge in [-0.15, -0.1) is 0 Å². The summed E-state index contributed by atoms with van der Waals surface area (Å²) in [6.07, 6.45) is 1.11. The largest absolute Gasteiger partial charge is 0.398 e. The van der Waals surface area contributed by atoms with E-state index >= 15 is 0 Å². The van der Waals surface area contributed by atoms with Crippen molar-refractivity contribution in [3.05, 3.63) is 47.5 Å². The first-order valence-corrected chi connectivity index (χ1v) is 7.29. The van der Waals surface area contributed by atoms with E-state index in [4.69, 9.17) is 5.73 Å². The Kier molecular flexibility index (Phi) is 3.63. The van der Waals surface area contributed by atoms with Gasteiger partial charge in [-0.1, -0.05) is 6.07 Å². The number of hydrogen-bond donors (Lipinski definition) is 2. The van der Waals surface area contributed by atoms with Gasteiger partial charge >= 0.3 is 0 Å². The molecule has 3 N–H and O–H groups in total. The minimum absolute atomic E-state index is 0.0295. The molecule has 0 unspecified atom stereocenters. The van der Waals surface area contributed by atoms with E-state index in [1.54, 1.807) is 26.0 Å². The van der Waals surface area contributed by atoms with Crippen LogP contribution in [-0.4, -0.2) is 13.4 Å². The van der Waals surface area contributed by atoms with Crippen molar-refractivity contribution < 1.29 is 12.8 Å². The van der Waals surface area contributed by atoms with E-state index in [-0.39, 0.29) is 16.3 Å². The molecule has 2 aromatic rings. The van der Waals surface area contributed by atoms with Crippen LogP contribution in [0.4, 0.5) is 15.8 Å². The molecule has 0 saturated heterocycles. The molecule has 0 bridgehead atoms. The number of nitrogens with two attached hydrogens (primary N) is 1. The van der Waals surface area contributed by atoms with Crippen LogP contribution in [0, 0.1) is 19.8 Å². The summed E-state index contributed by atoms with van der Waals surface area (Å²) < 4.78 is 39.8. The normalized spacial score (nSPS) is 11.3. The number of nitrogen functional groups attached to an aromatic ring is 1. The van der Waals surface area contributed by atoms with Gasteiger partial charge in [0.25, 0.3) is 10.0 Å². The van der Waals surface area contributed by atoms with E-state index in [1.165, 1.54) is 6.07 Å². The van der Waals surface area contributed by atoms with E-state index < -0.39 is 16.0 Å². The molecule has 0 aliphatic rings. The van der Waals surface area contributed by atoms with Crippen LogP contribution in [0.3, 0.4) is 0 Å². The number of aryl methyl sites for hydroxylation is 1. The maximum Gasteiger partial charge on any atom is 0.264 e. The molecule has 1 aromatic carbocycles. The summed E-state index contributed by atoms with van der Waals surface area (Å²) in [5.41, 5.74) is 7.49. The number of aromatic nitrogens is 1. The van der Waals surface area contributed by atoms with E-state index in [2.05, 4.69) is 9.71 Å². The molecular weight excluding hydrogens is 281 g/mol. The van der Waals surface area contributed by atoms with Gasteiger partial charge in [0.05, 0.1) is 17.6 Å². The topological polar surface area (TPSA) is 85.1 Å². The maximum atomic E-state index is 12.7. The van der Waals surface area contributed by atoms with Gasteiger partial charge in [-0.25, -0.2) is 13.4 Å². The van der Waals surface area contributed by atoms with Crippen LogP contribution in [0.2, 0.25) is 0 Å². The van der Waals surface area contributed by atoms with Gasteiger partial charge < -0.3 is 5.73 Å². The highest BCUT2D eigenvalue weighted by molar-refractivity contribution is 7.93. The Morgan fingerprint density at radius 2 is 1.90 bits per heavy atom. The zero-order valence-corrected chi connectivity index (χ0v) is 11.8. The average Bonchev–Trinajstić information content (AvgIpc) is 2.37. The number of sulfonamides is 1. The standard InChI is InChI=1S/C13H14FN3O2S/c1-8-3-5-11(15)13(9(8)2)20(18,19)17-10-4-6-12(14)16-7-10/h3-7,17H,15H2,1-2H3. The van der Waals surface area contributed by atoms with Gasteiger partial charge in [0, 0.05) is 0 Å². The minimum Gasteiger partial charge on any atom is -0.398 e. The van der Waals surface area contributed by atoms with Crippen molar-refractivity contribution >= 4 is 21.4 Å². The smallest absolute Gasteiger partial charge is 0.264 e. The van der Waals surface area contributed by atoms with E-state index in [1.807, 2.05) is 0 Å². The number of hydrogen-bond acceptors (Lipinski definition) is 4. The SMILES string of the molecule is Cc1ccc(N)c(S(=O)(=O)Nc2ccc(F)nc2)c1C. The number of nitrogens with one attached hydrogen (secondary N) is 1. The predicted molar refractivity (Wildman–Crippen MR) is 75.3 cm³/mol. The zero-order valence-electron chi connectivity index (χ0n) is 11.0. The zero-order chi connectivity index (χ0) is 14.9. The van der Waals surface area contributed by atoms with Crippen molar-refractivity contribution in [1.82, 2.24) is 4.98 Å². The Morgan fingerprint density at radius 3 is 2.50 bits per heavy atom. The average molecular weight is 295 g/mol. The lowest BCUT2D eigenvalue weighted by atomic mass is 10.1. The summed E-state index contributed by atoms with van der Waals surface area (Å²) >= 11 is 0. The molecular formula is C13H14FN3O2S. The number of halogens is 1. The molecule has 0 fully saturated rings. The molecule has 1 aromatic heterocycles. The second kappa shape index (κ2) is 5.09. The minimum atomic E-state index is -3.85. The molecule has 0 spiro atoms. The molecule has 0 aliphatic carbocycles. The van der Waals surface area contributed by atoms with Gasteiger partial charge in [0.15, 0.2) is 0 Å². The lowest BCUT2D eigenvalue weighted by Gasteiger charge is -2.14. The summed E-state index contributed by atoms with van der Waals surface area (Å²) in [7, 11) is -3.85. The molecule has 0 atom stereocenters. The maximum absolute atomic E-state index is 12.7. The molecule has 0 radical (unpaired) electrons. The van der Waals surface area contributed by atoms with E-state index in [0.29, 0.717) is 5.56 Å². The number of pyridine rings is 1. The molecule has 0 amide bonds. The summed E-state index contributed by atoms with van der Waals surface area (Å²) in [6.45, 7) is 3.48. The van der Waals surface area contributed by atoms with Gasteiger partial charge in [-0.3, -0.25) is 4.72 Å². The van der Waals surface area contributed by atoms with Crippen LogP contribution < -0.4 is 10.5 Å². The second-order valence-electron chi connectivity index (χ2n) is 4.40. The number of anilines is 2. The summed E-state index contributed by atoms with van der Waals surface area (Å²) in [6, 6.07) is 5.66. The third kappa shape index (κ3) is 2.72. The van der Waals surface area contributed by atoms with Crippen LogP contribution in [-0.2, 0) is 10.0 Å². The van der Waals surface area contributed by atoms with Crippen molar-refractivity contribution in [1.29, 1.82) is 0 Å². The van der Waals surface area contributed by atoms with Crippen LogP contribution in [0.5, 0.6) is 0 Å². The first-order valence-electron chi connectivity index (χ1n) is 5.81. The fraction of sp³-hybridized carbons (Fsp3) is 0.154. The summed E-state index contributed by atoms with van der Waals surface area (Å²) in [5.74, 6) is -0.681. The Hall–Kier alpha value is -2.15. The van der Waals surface area contributed by atoms with Crippen molar-refractivity contribution in [2.24, 2.45) is 0 Å². The van der Waals surface area contributed by atoms with Crippen LogP contribution in [0.15, 0.2) is 35.4 Å². The quantitative estimate of drug-likeness (QED) is 0.671. The van der Waals surface area contributed by atoms with Crippen LogP contribution in [0.1, 0.15) is 11.1 Å². The van der Waals surface area contributed by atoms with Crippen molar-refractivity contribution in [3.63, 3.8) is 0 Å². The molecule has 106 valence electrons. The monoisotopic (exact) mass is 295 g/mol. The van der Waals surface area contributed by atoms with Crippen molar-refractivity contribution in [2.45, 2.75) is 18.7 Å². The van der Waals surface area contributed by atoms with Gasteiger partial charge in [0.2, 0.25) is 5.95 Å². The molecule has 2 rings (SSSR count). The summed E-state index contributed by atoms with van der Waals surface area (Å²) in [5, 5.41) is 0. The fourth-order valence-electron chi connectivity index (χ4n) is 1.81. The van der Waals surface area contributed by atoms with Crippen molar-refractivity contribution in [2.75, 3.05) is 10.5 Å². The first-order chi connectivity index (χ1) is 9.31. The number of benzene rings is 1.